The minimum absolute atomic E-state index is 0.234. The molecule has 0 aliphatic rings. The molecule has 0 saturated carbocycles. The highest BCUT2D eigenvalue weighted by molar-refractivity contribution is 7.18. The Bertz CT molecular complexity index is 1010. The number of thiophene rings is 1. The average Bonchev–Trinajstić information content (AvgIpc) is 3.35. The lowest BCUT2D eigenvalue weighted by molar-refractivity contribution is 0.102. The van der Waals surface area contributed by atoms with E-state index in [1.807, 2.05) is 35.7 Å². The zero-order valence-corrected chi connectivity index (χ0v) is 14.6. The second-order valence-electron chi connectivity index (χ2n) is 4.98. The SMILES string of the molecule is Cc1oc(-c2cccs2)nc1C(=O)Nc1nnc(-c2ccccn2)s1. The van der Waals surface area contributed by atoms with E-state index in [2.05, 4.69) is 25.5 Å². The third kappa shape index (κ3) is 3.19. The van der Waals surface area contributed by atoms with E-state index in [1.54, 1.807) is 13.1 Å². The van der Waals surface area contributed by atoms with Crippen LogP contribution in [0.25, 0.3) is 21.5 Å². The van der Waals surface area contributed by atoms with Crippen molar-refractivity contribution in [1.29, 1.82) is 0 Å². The molecule has 4 aromatic heterocycles. The van der Waals surface area contributed by atoms with Gasteiger partial charge < -0.3 is 4.42 Å². The Hall–Kier alpha value is -2.91. The van der Waals surface area contributed by atoms with Crippen molar-refractivity contribution >= 4 is 33.7 Å². The Balaban J connectivity index is 1.54. The number of aromatic nitrogens is 4. The number of nitrogens with zero attached hydrogens (tertiary/aromatic N) is 4. The first-order chi connectivity index (χ1) is 12.2. The topological polar surface area (TPSA) is 93.8 Å². The standard InChI is InChI=1S/C16H11N5O2S2/c1-9-12(18-14(23-9)11-6-4-8-24-11)13(22)19-16-21-20-15(25-16)10-5-2-3-7-17-10/h2-8H,1H3,(H,19,21,22). The summed E-state index contributed by atoms with van der Waals surface area (Å²) < 4.78 is 5.59. The number of pyridine rings is 1. The lowest BCUT2D eigenvalue weighted by Crippen LogP contribution is -2.13. The second-order valence-corrected chi connectivity index (χ2v) is 6.91. The molecule has 0 saturated heterocycles. The zero-order chi connectivity index (χ0) is 17.2. The van der Waals surface area contributed by atoms with Crippen molar-refractivity contribution in [2.24, 2.45) is 0 Å². The van der Waals surface area contributed by atoms with E-state index < -0.39 is 0 Å². The number of hydrogen-bond donors (Lipinski definition) is 1. The molecule has 25 heavy (non-hydrogen) atoms. The Morgan fingerprint density at radius 1 is 1.20 bits per heavy atom. The summed E-state index contributed by atoms with van der Waals surface area (Å²) in [5.41, 5.74) is 0.941. The van der Waals surface area contributed by atoms with Gasteiger partial charge in [0, 0.05) is 6.20 Å². The number of carbonyl (C=O) groups excluding carboxylic acids is 1. The lowest BCUT2D eigenvalue weighted by atomic mass is 10.3. The quantitative estimate of drug-likeness (QED) is 0.587. The van der Waals surface area contributed by atoms with Gasteiger partial charge >= 0.3 is 0 Å². The first-order valence-corrected chi connectivity index (χ1v) is 8.98. The number of anilines is 1. The van der Waals surface area contributed by atoms with Gasteiger partial charge in [0.1, 0.15) is 11.5 Å². The summed E-state index contributed by atoms with van der Waals surface area (Å²) in [7, 11) is 0. The van der Waals surface area contributed by atoms with Crippen molar-refractivity contribution in [1.82, 2.24) is 20.2 Å². The molecule has 9 heteroatoms. The maximum atomic E-state index is 12.5. The van der Waals surface area contributed by atoms with Crippen LogP contribution in [-0.4, -0.2) is 26.1 Å². The Morgan fingerprint density at radius 2 is 2.12 bits per heavy atom. The van der Waals surface area contributed by atoms with Crippen molar-refractivity contribution in [3.63, 3.8) is 0 Å². The van der Waals surface area contributed by atoms with Crippen LogP contribution in [0.5, 0.6) is 0 Å². The first-order valence-electron chi connectivity index (χ1n) is 7.28. The van der Waals surface area contributed by atoms with Crippen molar-refractivity contribution in [3.8, 4) is 21.5 Å². The number of hydrogen-bond acceptors (Lipinski definition) is 8. The van der Waals surface area contributed by atoms with Crippen molar-refractivity contribution in [2.45, 2.75) is 6.92 Å². The molecule has 0 radical (unpaired) electrons. The van der Waals surface area contributed by atoms with Gasteiger partial charge in [0.2, 0.25) is 11.0 Å². The highest BCUT2D eigenvalue weighted by Gasteiger charge is 2.20. The van der Waals surface area contributed by atoms with Gasteiger partial charge in [0.25, 0.3) is 5.91 Å². The van der Waals surface area contributed by atoms with Crippen LogP contribution in [0.2, 0.25) is 0 Å². The summed E-state index contributed by atoms with van der Waals surface area (Å²) in [5, 5.41) is 13.7. The van der Waals surface area contributed by atoms with Crippen LogP contribution < -0.4 is 5.32 Å². The van der Waals surface area contributed by atoms with Gasteiger partial charge in [-0.05, 0) is 30.5 Å². The second kappa shape index (κ2) is 6.54. The summed E-state index contributed by atoms with van der Waals surface area (Å²) in [6, 6.07) is 9.32. The van der Waals surface area contributed by atoms with Crippen molar-refractivity contribution < 1.29 is 9.21 Å². The van der Waals surface area contributed by atoms with Crippen LogP contribution in [-0.2, 0) is 0 Å². The van der Waals surface area contributed by atoms with Gasteiger partial charge in [-0.25, -0.2) is 4.98 Å². The molecular weight excluding hydrogens is 358 g/mol. The Kier molecular flexibility index (Phi) is 4.08. The molecule has 0 bridgehead atoms. The Morgan fingerprint density at radius 3 is 2.88 bits per heavy atom. The van der Waals surface area contributed by atoms with Gasteiger partial charge in [0.15, 0.2) is 10.7 Å². The predicted octanol–water partition coefficient (Wildman–Crippen LogP) is 3.88. The fourth-order valence-electron chi connectivity index (χ4n) is 2.14. The van der Waals surface area contributed by atoms with Gasteiger partial charge in [-0.3, -0.25) is 15.1 Å². The van der Waals surface area contributed by atoms with Crippen LogP contribution in [0.15, 0.2) is 46.3 Å². The van der Waals surface area contributed by atoms with Gasteiger partial charge in [-0.15, -0.1) is 21.5 Å². The average molecular weight is 369 g/mol. The van der Waals surface area contributed by atoms with Gasteiger partial charge in [0.05, 0.1) is 4.88 Å². The molecule has 1 amide bonds. The van der Waals surface area contributed by atoms with E-state index in [4.69, 9.17) is 4.42 Å². The minimum Gasteiger partial charge on any atom is -0.440 e. The molecule has 0 spiro atoms. The lowest BCUT2D eigenvalue weighted by Gasteiger charge is -1.97. The number of amides is 1. The third-order valence-electron chi connectivity index (χ3n) is 3.27. The molecule has 0 aliphatic heterocycles. The first kappa shape index (κ1) is 15.6. The largest absolute Gasteiger partial charge is 0.440 e. The molecule has 0 aliphatic carbocycles. The van der Waals surface area contributed by atoms with Crippen molar-refractivity contribution in [3.05, 3.63) is 53.4 Å². The van der Waals surface area contributed by atoms with Crippen LogP contribution in [0.3, 0.4) is 0 Å². The zero-order valence-electron chi connectivity index (χ0n) is 13.0. The molecule has 0 atom stereocenters. The number of carbonyl (C=O) groups is 1. The number of nitrogens with one attached hydrogen (secondary N) is 1. The predicted molar refractivity (Wildman–Crippen MR) is 95.6 cm³/mol. The molecule has 4 rings (SSSR count). The van der Waals surface area contributed by atoms with Gasteiger partial charge in [-0.1, -0.05) is 23.5 Å². The monoisotopic (exact) mass is 369 g/mol. The van der Waals surface area contributed by atoms with E-state index in [1.165, 1.54) is 22.7 Å². The van der Waals surface area contributed by atoms with E-state index in [0.29, 0.717) is 27.5 Å². The van der Waals surface area contributed by atoms with E-state index in [0.717, 1.165) is 4.88 Å². The molecule has 0 fully saturated rings. The van der Waals surface area contributed by atoms with Crippen LogP contribution in [0.1, 0.15) is 16.2 Å². The normalized spacial score (nSPS) is 10.8. The van der Waals surface area contributed by atoms with Crippen LogP contribution >= 0.6 is 22.7 Å². The summed E-state index contributed by atoms with van der Waals surface area (Å²) in [5.74, 6) is 0.507. The van der Waals surface area contributed by atoms with Crippen LogP contribution in [0.4, 0.5) is 5.13 Å². The summed E-state index contributed by atoms with van der Waals surface area (Å²) in [6.45, 7) is 1.71. The molecule has 124 valence electrons. The molecule has 0 unspecified atom stereocenters. The molecule has 1 N–H and O–H groups in total. The molecule has 4 heterocycles. The fraction of sp³-hybridized carbons (Fsp3) is 0.0625. The Labute approximate surface area is 150 Å². The molecule has 0 aromatic carbocycles. The summed E-state index contributed by atoms with van der Waals surface area (Å²) in [6.07, 6.45) is 1.68. The number of aryl methyl sites for hydroxylation is 1. The minimum atomic E-state index is -0.382. The molecule has 4 aromatic rings. The maximum absolute atomic E-state index is 12.5. The van der Waals surface area contributed by atoms with E-state index >= 15 is 0 Å². The van der Waals surface area contributed by atoms with Crippen LogP contribution in [0, 0.1) is 6.92 Å². The molecular formula is C16H11N5O2S2. The maximum Gasteiger partial charge on any atom is 0.279 e. The molecule has 7 nitrogen and oxygen atoms in total. The highest BCUT2D eigenvalue weighted by Crippen LogP contribution is 2.27. The van der Waals surface area contributed by atoms with Crippen molar-refractivity contribution in [2.75, 3.05) is 5.32 Å². The van der Waals surface area contributed by atoms with E-state index in [9.17, 15) is 4.79 Å². The van der Waals surface area contributed by atoms with Gasteiger partial charge in [-0.2, -0.15) is 0 Å². The summed E-state index contributed by atoms with van der Waals surface area (Å²) >= 11 is 2.75. The smallest absolute Gasteiger partial charge is 0.279 e. The number of oxazole rings is 1. The summed E-state index contributed by atoms with van der Waals surface area (Å²) in [4.78, 5) is 21.8. The third-order valence-corrected chi connectivity index (χ3v) is 4.99. The fourth-order valence-corrected chi connectivity index (χ4v) is 3.50. The number of rotatable bonds is 4. The highest BCUT2D eigenvalue weighted by atomic mass is 32.1. The van der Waals surface area contributed by atoms with E-state index in [-0.39, 0.29) is 11.6 Å².